The summed E-state index contributed by atoms with van der Waals surface area (Å²) in [5.74, 6) is 1.40. The average Bonchev–Trinajstić information content (AvgIpc) is 2.75. The average molecular weight is 388 g/mol. The Bertz CT molecular complexity index is 967. The van der Waals surface area contributed by atoms with Gasteiger partial charge in [-0.3, -0.25) is 4.79 Å². The zero-order valence-corrected chi connectivity index (χ0v) is 16.3. The second-order valence-corrected chi connectivity index (χ2v) is 6.41. The molecule has 0 saturated carbocycles. The maximum absolute atomic E-state index is 12.0. The highest BCUT2D eigenvalue weighted by Gasteiger charge is 2.01. The number of methoxy groups -OCH3 is 1. The second kappa shape index (κ2) is 9.94. The third-order valence-corrected chi connectivity index (χ3v) is 4.31. The summed E-state index contributed by atoms with van der Waals surface area (Å²) in [6.45, 7) is 0.773. The zero-order chi connectivity index (χ0) is 20.5. The number of nitrogens with two attached hydrogens (primary N) is 1. The molecule has 29 heavy (non-hydrogen) atoms. The van der Waals surface area contributed by atoms with Crippen LogP contribution in [-0.2, 0) is 11.2 Å². The molecule has 1 aromatic heterocycles. The Balaban J connectivity index is 1.47. The van der Waals surface area contributed by atoms with Crippen LogP contribution in [0.4, 0.5) is 17.2 Å². The van der Waals surface area contributed by atoms with Crippen LogP contribution in [0.25, 0.3) is 6.08 Å². The van der Waals surface area contributed by atoms with E-state index in [1.54, 1.807) is 31.5 Å². The smallest absolute Gasteiger partial charge is 0.248 e. The lowest BCUT2D eigenvalue weighted by molar-refractivity contribution is -0.111. The van der Waals surface area contributed by atoms with Crippen LogP contribution in [0.5, 0.6) is 5.75 Å². The predicted octanol–water partition coefficient (Wildman–Crippen LogP) is 3.98. The summed E-state index contributed by atoms with van der Waals surface area (Å²) in [4.78, 5) is 16.4. The van der Waals surface area contributed by atoms with Gasteiger partial charge in [-0.2, -0.15) is 0 Å². The topological polar surface area (TPSA) is 89.3 Å². The van der Waals surface area contributed by atoms with Crippen molar-refractivity contribution in [3.05, 3.63) is 84.1 Å². The molecule has 148 valence electrons. The largest absolute Gasteiger partial charge is 0.497 e. The summed E-state index contributed by atoms with van der Waals surface area (Å²) in [7, 11) is 1.66. The molecular formula is C23H24N4O2. The third kappa shape index (κ3) is 6.10. The van der Waals surface area contributed by atoms with Crippen molar-refractivity contribution in [2.75, 3.05) is 30.0 Å². The Hall–Kier alpha value is -3.80. The number of nitrogens with one attached hydrogen (secondary N) is 2. The molecule has 0 unspecified atom stereocenters. The van der Waals surface area contributed by atoms with E-state index in [0.717, 1.165) is 30.1 Å². The fraction of sp³-hybridized carbons (Fsp3) is 0.130. The standard InChI is InChI=1S/C23H24N4O2/c1-29-19-10-6-17(7-11-19)14-15-25-22-12-8-18(16-26-22)9-13-23(28)27-21-5-3-2-4-20(21)24/h2-13,16H,14-15,24H2,1H3,(H,25,26)(H,27,28)/b13-9+. The summed E-state index contributed by atoms with van der Waals surface area (Å²) >= 11 is 0. The molecule has 0 radical (unpaired) electrons. The zero-order valence-electron chi connectivity index (χ0n) is 16.3. The molecule has 4 N–H and O–H groups in total. The van der Waals surface area contributed by atoms with Gasteiger partial charge in [0, 0.05) is 18.8 Å². The number of ether oxygens (including phenoxy) is 1. The van der Waals surface area contributed by atoms with E-state index in [1.807, 2.05) is 36.4 Å². The summed E-state index contributed by atoms with van der Waals surface area (Å²) < 4.78 is 5.16. The van der Waals surface area contributed by atoms with Crippen LogP contribution in [0, 0.1) is 0 Å². The van der Waals surface area contributed by atoms with Crippen molar-refractivity contribution >= 4 is 29.2 Å². The number of amides is 1. The van der Waals surface area contributed by atoms with Gasteiger partial charge in [0.1, 0.15) is 11.6 Å². The number of anilines is 3. The highest BCUT2D eigenvalue weighted by atomic mass is 16.5. The van der Waals surface area contributed by atoms with Crippen LogP contribution in [0.1, 0.15) is 11.1 Å². The maximum atomic E-state index is 12.0. The maximum Gasteiger partial charge on any atom is 0.248 e. The number of benzene rings is 2. The monoisotopic (exact) mass is 388 g/mol. The van der Waals surface area contributed by atoms with Crippen LogP contribution in [0.3, 0.4) is 0 Å². The minimum atomic E-state index is -0.246. The number of carbonyl (C=O) groups excluding carboxylic acids is 1. The van der Waals surface area contributed by atoms with Gasteiger partial charge in [-0.05, 0) is 60.0 Å². The van der Waals surface area contributed by atoms with Gasteiger partial charge in [-0.1, -0.05) is 24.3 Å². The lowest BCUT2D eigenvalue weighted by Crippen LogP contribution is -2.09. The number of para-hydroxylation sites is 2. The van der Waals surface area contributed by atoms with Crippen molar-refractivity contribution in [2.45, 2.75) is 6.42 Å². The molecule has 2 aromatic carbocycles. The van der Waals surface area contributed by atoms with Crippen LogP contribution in [0.15, 0.2) is 72.9 Å². The molecule has 0 aliphatic heterocycles. The number of rotatable bonds is 8. The van der Waals surface area contributed by atoms with Gasteiger partial charge in [0.15, 0.2) is 0 Å². The Morgan fingerprint density at radius 3 is 2.59 bits per heavy atom. The number of pyridine rings is 1. The molecule has 3 aromatic rings. The minimum absolute atomic E-state index is 0.246. The van der Waals surface area contributed by atoms with Crippen molar-refractivity contribution in [1.29, 1.82) is 0 Å². The summed E-state index contributed by atoms with van der Waals surface area (Å²) in [5.41, 5.74) is 9.00. The first kappa shape index (κ1) is 19.9. The van der Waals surface area contributed by atoms with Gasteiger partial charge >= 0.3 is 0 Å². The van der Waals surface area contributed by atoms with Crippen molar-refractivity contribution < 1.29 is 9.53 Å². The molecule has 1 heterocycles. The number of aromatic nitrogens is 1. The number of nitrogen functional groups attached to an aromatic ring is 1. The normalized spacial score (nSPS) is 10.7. The first-order valence-electron chi connectivity index (χ1n) is 9.30. The quantitative estimate of drug-likeness (QED) is 0.401. The number of carbonyl (C=O) groups is 1. The fourth-order valence-electron chi connectivity index (χ4n) is 2.69. The van der Waals surface area contributed by atoms with Gasteiger partial charge in [-0.15, -0.1) is 0 Å². The van der Waals surface area contributed by atoms with Crippen molar-refractivity contribution in [3.8, 4) is 5.75 Å². The van der Waals surface area contributed by atoms with Crippen LogP contribution >= 0.6 is 0 Å². The van der Waals surface area contributed by atoms with E-state index in [1.165, 1.54) is 11.6 Å². The lowest BCUT2D eigenvalue weighted by Gasteiger charge is -2.07. The second-order valence-electron chi connectivity index (χ2n) is 6.41. The molecule has 0 atom stereocenters. The van der Waals surface area contributed by atoms with E-state index in [2.05, 4.69) is 27.8 Å². The first-order chi connectivity index (χ1) is 14.1. The Kier molecular flexibility index (Phi) is 6.84. The highest BCUT2D eigenvalue weighted by molar-refractivity contribution is 6.03. The number of nitrogens with zero attached hydrogens (tertiary/aromatic N) is 1. The molecule has 3 rings (SSSR count). The van der Waals surface area contributed by atoms with Gasteiger partial charge in [-0.25, -0.2) is 4.98 Å². The van der Waals surface area contributed by atoms with Crippen LogP contribution < -0.4 is 21.1 Å². The molecule has 0 fully saturated rings. The Morgan fingerprint density at radius 2 is 1.90 bits per heavy atom. The van der Waals surface area contributed by atoms with Gasteiger partial charge in [0.2, 0.25) is 5.91 Å². The van der Waals surface area contributed by atoms with Gasteiger partial charge < -0.3 is 21.1 Å². The lowest BCUT2D eigenvalue weighted by atomic mass is 10.1. The molecule has 0 spiro atoms. The summed E-state index contributed by atoms with van der Waals surface area (Å²) in [6, 6.07) is 18.9. The molecule has 1 amide bonds. The number of hydrogen-bond donors (Lipinski definition) is 3. The van der Waals surface area contributed by atoms with Crippen LogP contribution in [0.2, 0.25) is 0 Å². The predicted molar refractivity (Wildman–Crippen MR) is 118 cm³/mol. The van der Waals surface area contributed by atoms with E-state index in [-0.39, 0.29) is 5.91 Å². The molecule has 6 nitrogen and oxygen atoms in total. The van der Waals surface area contributed by atoms with E-state index < -0.39 is 0 Å². The van der Waals surface area contributed by atoms with Crippen molar-refractivity contribution in [2.24, 2.45) is 0 Å². The molecule has 0 aliphatic rings. The van der Waals surface area contributed by atoms with Crippen molar-refractivity contribution in [1.82, 2.24) is 4.98 Å². The van der Waals surface area contributed by atoms with Crippen LogP contribution in [-0.4, -0.2) is 24.5 Å². The fourth-order valence-corrected chi connectivity index (χ4v) is 2.69. The van der Waals surface area contributed by atoms with E-state index in [4.69, 9.17) is 10.5 Å². The summed E-state index contributed by atoms with van der Waals surface area (Å²) in [5, 5.41) is 6.04. The summed E-state index contributed by atoms with van der Waals surface area (Å²) in [6.07, 6.45) is 5.77. The molecule has 0 aliphatic carbocycles. The minimum Gasteiger partial charge on any atom is -0.497 e. The Labute approximate surface area is 170 Å². The van der Waals surface area contributed by atoms with E-state index in [0.29, 0.717) is 11.4 Å². The van der Waals surface area contributed by atoms with E-state index in [9.17, 15) is 4.79 Å². The molecular weight excluding hydrogens is 364 g/mol. The SMILES string of the molecule is COc1ccc(CCNc2ccc(/C=C/C(=O)Nc3ccccc3N)cn2)cc1. The van der Waals surface area contributed by atoms with Crippen molar-refractivity contribution in [3.63, 3.8) is 0 Å². The number of hydrogen-bond acceptors (Lipinski definition) is 5. The van der Waals surface area contributed by atoms with Gasteiger partial charge in [0.25, 0.3) is 0 Å². The third-order valence-electron chi connectivity index (χ3n) is 4.31. The highest BCUT2D eigenvalue weighted by Crippen LogP contribution is 2.17. The molecule has 0 saturated heterocycles. The first-order valence-corrected chi connectivity index (χ1v) is 9.30. The Morgan fingerprint density at radius 1 is 1.10 bits per heavy atom. The molecule has 6 heteroatoms. The van der Waals surface area contributed by atoms with Gasteiger partial charge in [0.05, 0.1) is 18.5 Å². The molecule has 0 bridgehead atoms. The van der Waals surface area contributed by atoms with E-state index >= 15 is 0 Å².